The Bertz CT molecular complexity index is 3410. The van der Waals surface area contributed by atoms with Gasteiger partial charge in [-0.1, -0.05) is 116 Å². The van der Waals surface area contributed by atoms with E-state index in [1.165, 1.54) is 36.9 Å². The molecular formula is C56H49N4O2PtS-3. The van der Waals surface area contributed by atoms with Crippen LogP contribution in [0.2, 0.25) is 0 Å². The minimum atomic E-state index is -0.0571. The maximum Gasteiger partial charge on any atom is 0.193 e. The monoisotopic (exact) mass is 1040 g/mol. The number of nitrogens with zero attached hydrogens (tertiary/aromatic N) is 4. The van der Waals surface area contributed by atoms with Crippen molar-refractivity contribution in [3.05, 3.63) is 163 Å². The fourth-order valence-electron chi connectivity index (χ4n) is 8.89. The maximum absolute atomic E-state index is 6.73. The Morgan fingerprint density at radius 2 is 1.30 bits per heavy atom. The summed E-state index contributed by atoms with van der Waals surface area (Å²) in [6.07, 6.45) is 1.93. The fourth-order valence-corrected chi connectivity index (χ4v) is 10.0. The van der Waals surface area contributed by atoms with Gasteiger partial charge in [0.25, 0.3) is 0 Å². The van der Waals surface area contributed by atoms with Crippen molar-refractivity contribution in [2.75, 3.05) is 9.80 Å². The van der Waals surface area contributed by atoms with Crippen molar-refractivity contribution in [3.8, 4) is 17.3 Å². The largest absolute Gasteiger partial charge is 0.509 e. The van der Waals surface area contributed by atoms with E-state index in [0.717, 1.165) is 61.5 Å². The minimum absolute atomic E-state index is 0. The number of anilines is 4. The average Bonchev–Trinajstić information content (AvgIpc) is 4.01. The van der Waals surface area contributed by atoms with E-state index >= 15 is 0 Å². The van der Waals surface area contributed by atoms with Gasteiger partial charge in [-0.2, -0.15) is 12.1 Å². The average molecular weight is 1040 g/mol. The summed E-state index contributed by atoms with van der Waals surface area (Å²) in [7, 11) is 0. The van der Waals surface area contributed by atoms with E-state index in [1.54, 1.807) is 0 Å². The van der Waals surface area contributed by atoms with Crippen molar-refractivity contribution >= 4 is 87.2 Å². The second kappa shape index (κ2) is 15.1. The van der Waals surface area contributed by atoms with Gasteiger partial charge in [0.05, 0.1) is 11.2 Å². The molecular weight excluding hydrogens is 988 g/mol. The summed E-state index contributed by atoms with van der Waals surface area (Å²) in [4.78, 5) is 9.36. The Morgan fingerprint density at radius 3 is 2.05 bits per heavy atom. The predicted octanol–water partition coefficient (Wildman–Crippen LogP) is 16.0. The Labute approximate surface area is 393 Å². The molecule has 6 nitrogen and oxygen atoms in total. The topological polar surface area (TPSA) is 46.7 Å². The van der Waals surface area contributed by atoms with Gasteiger partial charge in [0.15, 0.2) is 5.88 Å². The molecule has 324 valence electrons. The zero-order valence-electron chi connectivity index (χ0n) is 37.5. The molecule has 10 aromatic rings. The van der Waals surface area contributed by atoms with Crippen LogP contribution in [0.4, 0.5) is 22.9 Å². The standard InChI is InChI=1S/C56H49N4O2S.Pt/c1-54(2,3)34-25-26-57-49(30-34)60-45-32-40(21-22-41(45)42-23-24-48-50(51(42)60)44-18-11-13-20-47(44)63-48)61-39-16-14-15-37(31-39)59-33-58(52-43-17-10-12-19-46(43)62-53(52)59)38-28-35(55(4,5)6)27-36(29-38)56(7,8)9;/h10-30,33H,1-9H3;/q-3;. The van der Waals surface area contributed by atoms with Crippen molar-refractivity contribution in [1.29, 1.82) is 0 Å². The smallest absolute Gasteiger partial charge is 0.193 e. The summed E-state index contributed by atoms with van der Waals surface area (Å²) in [6, 6.07) is 50.2. The Hall–Kier alpha value is -5.88. The molecule has 6 aromatic carbocycles. The molecule has 0 radical (unpaired) electrons. The van der Waals surface area contributed by atoms with Crippen LogP contribution in [0.3, 0.4) is 0 Å². The molecule has 4 aromatic heterocycles. The molecule has 0 aliphatic carbocycles. The van der Waals surface area contributed by atoms with E-state index in [1.807, 2.05) is 53.9 Å². The molecule has 8 heteroatoms. The van der Waals surface area contributed by atoms with Gasteiger partial charge >= 0.3 is 0 Å². The van der Waals surface area contributed by atoms with E-state index in [0.29, 0.717) is 11.5 Å². The Morgan fingerprint density at radius 1 is 0.609 bits per heavy atom. The SMILES string of the molecule is CC(C)(C)c1cc(N2[CH-]N(c3[c-]c(Oc4[c-]c5c(cc4)c4ccc6sc7ccccc7c6c4n5-c4cc(C(C)(C)C)ccn4)ccc3)c3oc4ccccc4c32)cc(C(C)(C)C)c1.[Pt]. The summed E-state index contributed by atoms with van der Waals surface area (Å²) in [5.74, 6) is 2.74. The molecule has 1 aliphatic rings. The van der Waals surface area contributed by atoms with Gasteiger partial charge in [0.2, 0.25) is 0 Å². The molecule has 0 N–H and O–H groups in total. The molecule has 0 spiro atoms. The quantitative estimate of drug-likeness (QED) is 0.161. The van der Waals surface area contributed by atoms with Gasteiger partial charge in [-0.3, -0.25) is 0 Å². The number of furan rings is 1. The van der Waals surface area contributed by atoms with Gasteiger partial charge in [0, 0.05) is 70.0 Å². The maximum atomic E-state index is 6.73. The van der Waals surface area contributed by atoms with Crippen LogP contribution >= 0.6 is 11.3 Å². The number of benzene rings is 6. The van der Waals surface area contributed by atoms with Crippen molar-refractivity contribution in [2.24, 2.45) is 0 Å². The number of fused-ring (bicyclic) bond motifs is 10. The summed E-state index contributed by atoms with van der Waals surface area (Å²) < 4.78 is 18.2. The summed E-state index contributed by atoms with van der Waals surface area (Å²) in [6.45, 7) is 22.5. The van der Waals surface area contributed by atoms with E-state index < -0.39 is 0 Å². The van der Waals surface area contributed by atoms with Gasteiger partial charge in [-0.25, -0.2) is 4.98 Å². The van der Waals surface area contributed by atoms with Gasteiger partial charge < -0.3 is 23.5 Å². The van der Waals surface area contributed by atoms with Crippen LogP contribution in [0, 0.1) is 18.8 Å². The first-order valence-electron chi connectivity index (χ1n) is 21.7. The van der Waals surface area contributed by atoms with Crippen LogP contribution < -0.4 is 14.5 Å². The van der Waals surface area contributed by atoms with Crippen LogP contribution in [-0.2, 0) is 37.3 Å². The van der Waals surface area contributed by atoms with Crippen LogP contribution in [-0.4, -0.2) is 9.55 Å². The first kappa shape index (κ1) is 42.1. The Balaban J connectivity index is 0.00000484. The fraction of sp³-hybridized carbons (Fsp3) is 0.214. The summed E-state index contributed by atoms with van der Waals surface area (Å²) in [5.41, 5.74) is 9.38. The number of pyridine rings is 1. The van der Waals surface area contributed by atoms with Crippen molar-refractivity contribution in [2.45, 2.75) is 78.6 Å². The van der Waals surface area contributed by atoms with E-state index in [-0.39, 0.29) is 37.3 Å². The molecule has 11 rings (SSSR count). The normalized spacial score (nSPS) is 13.5. The van der Waals surface area contributed by atoms with Gasteiger partial charge in [0.1, 0.15) is 11.4 Å². The predicted molar refractivity (Wildman–Crippen MR) is 263 cm³/mol. The summed E-state index contributed by atoms with van der Waals surface area (Å²) >= 11 is 1.82. The molecule has 0 fully saturated rings. The molecule has 5 heterocycles. The third kappa shape index (κ3) is 7.00. The third-order valence-corrected chi connectivity index (χ3v) is 13.5. The number of ether oxygens (including phenoxy) is 1. The molecule has 64 heavy (non-hydrogen) atoms. The second-order valence-corrected chi connectivity index (χ2v) is 21.0. The number of thiophene rings is 1. The number of para-hydroxylation sites is 1. The number of aromatic nitrogens is 2. The first-order valence-corrected chi connectivity index (χ1v) is 22.5. The molecule has 0 amide bonds. The third-order valence-electron chi connectivity index (χ3n) is 12.4. The molecule has 0 saturated heterocycles. The minimum Gasteiger partial charge on any atom is -0.509 e. The van der Waals surface area contributed by atoms with Crippen LogP contribution in [0.25, 0.3) is 58.8 Å². The van der Waals surface area contributed by atoms with E-state index in [9.17, 15) is 0 Å². The first-order chi connectivity index (χ1) is 30.1. The zero-order valence-corrected chi connectivity index (χ0v) is 40.6. The van der Waals surface area contributed by atoms with Crippen molar-refractivity contribution in [1.82, 2.24) is 9.55 Å². The Kier molecular flexibility index (Phi) is 9.94. The number of rotatable bonds is 5. The van der Waals surface area contributed by atoms with Gasteiger partial charge in [-0.05, 0) is 86.9 Å². The summed E-state index contributed by atoms with van der Waals surface area (Å²) in [5, 5.41) is 5.75. The van der Waals surface area contributed by atoms with Gasteiger partial charge in [-0.15, -0.1) is 53.7 Å². The molecule has 0 unspecified atom stereocenters. The molecule has 0 bridgehead atoms. The molecule has 0 atom stereocenters. The van der Waals surface area contributed by atoms with Crippen LogP contribution in [0.15, 0.2) is 132 Å². The van der Waals surface area contributed by atoms with Crippen molar-refractivity contribution in [3.63, 3.8) is 0 Å². The molecule has 0 saturated carbocycles. The second-order valence-electron chi connectivity index (χ2n) is 19.9. The van der Waals surface area contributed by atoms with Crippen LogP contribution in [0.1, 0.15) is 79.0 Å². The van der Waals surface area contributed by atoms with Crippen LogP contribution in [0.5, 0.6) is 11.5 Å². The van der Waals surface area contributed by atoms with E-state index in [4.69, 9.17) is 14.1 Å². The van der Waals surface area contributed by atoms with E-state index in [2.05, 4.69) is 180 Å². The zero-order chi connectivity index (χ0) is 43.6. The molecule has 1 aliphatic heterocycles. The number of hydrogen-bond acceptors (Lipinski definition) is 6. The van der Waals surface area contributed by atoms with Crippen molar-refractivity contribution < 1.29 is 30.2 Å². The number of hydrogen-bond donors (Lipinski definition) is 0.